The lowest BCUT2D eigenvalue weighted by molar-refractivity contribution is -0.696. The largest absolute Gasteiger partial charge is 0.390 e. The molecule has 0 radical (unpaired) electrons. The lowest BCUT2D eigenvalue weighted by atomic mass is 10.2. The van der Waals surface area contributed by atoms with E-state index in [0.717, 1.165) is 11.0 Å². The van der Waals surface area contributed by atoms with Crippen LogP contribution in [0.4, 0.5) is 0 Å². The Morgan fingerprint density at radius 2 is 2.00 bits per heavy atom. The average Bonchev–Trinajstić information content (AvgIpc) is 2.95. The molecule has 0 fully saturated rings. The maximum Gasteiger partial charge on any atom is 0.332 e. The molecule has 2 heterocycles. The number of imidazole rings is 1. The van der Waals surface area contributed by atoms with Crippen LogP contribution in [-0.4, -0.2) is 54.2 Å². The fourth-order valence-electron chi connectivity index (χ4n) is 2.56. The fourth-order valence-corrected chi connectivity index (χ4v) is 2.56. The van der Waals surface area contributed by atoms with Crippen LogP contribution >= 0.6 is 0 Å². The number of rotatable bonds is 7. The van der Waals surface area contributed by atoms with E-state index in [1.54, 1.807) is 11.6 Å². The molecule has 2 aromatic rings. The average molecular weight is 326 g/mol. The third kappa shape index (κ3) is 3.36. The fraction of sp³-hybridized carbons (Fsp3) is 0.643. The third-order valence-electron chi connectivity index (χ3n) is 4.13. The molecule has 0 aliphatic carbocycles. The highest BCUT2D eigenvalue weighted by molar-refractivity contribution is 5.69. The van der Waals surface area contributed by atoms with Crippen molar-refractivity contribution < 1.29 is 15.5 Å². The molecular formula is C14H24N5O4+. The van der Waals surface area contributed by atoms with Crippen molar-refractivity contribution in [1.82, 2.24) is 18.7 Å². The van der Waals surface area contributed by atoms with Crippen molar-refractivity contribution in [2.24, 2.45) is 14.1 Å². The molecule has 0 saturated heterocycles. The maximum absolute atomic E-state index is 12.3. The van der Waals surface area contributed by atoms with Gasteiger partial charge >= 0.3 is 5.69 Å². The number of aliphatic hydroxyl groups excluding tert-OH is 2. The van der Waals surface area contributed by atoms with Gasteiger partial charge in [-0.25, -0.2) is 9.78 Å². The number of aliphatic hydroxyl groups is 2. The normalized spacial score (nSPS) is 14.3. The zero-order valence-corrected chi connectivity index (χ0v) is 13.6. The highest BCUT2D eigenvalue weighted by Crippen LogP contribution is 2.06. The Morgan fingerprint density at radius 3 is 2.61 bits per heavy atom. The number of nitrogens with zero attached hydrogens (tertiary/aromatic N) is 4. The molecule has 0 bridgehead atoms. The molecule has 0 aliphatic rings. The number of aryl methyl sites for hydroxylation is 1. The Hall–Kier alpha value is -1.97. The standard InChI is InChI=1S/C14H23N5O4/c1-4-9(7-20)15-5-10(21)6-19-8-16-12-11(19)13(22)18(3)14(23)17(12)2/h8-10,15,20-21H,4-7H2,1-3H3/p+1. The molecule has 0 spiro atoms. The Labute approximate surface area is 132 Å². The van der Waals surface area contributed by atoms with E-state index in [0.29, 0.717) is 17.7 Å². The number of aromatic nitrogens is 4. The molecule has 2 unspecified atom stereocenters. The summed E-state index contributed by atoms with van der Waals surface area (Å²) >= 11 is 0. The quantitative estimate of drug-likeness (QED) is 0.505. The van der Waals surface area contributed by atoms with Crippen LogP contribution in [-0.2, 0) is 20.6 Å². The molecule has 9 heteroatoms. The highest BCUT2D eigenvalue weighted by Gasteiger charge is 2.18. The van der Waals surface area contributed by atoms with Gasteiger partial charge in [-0.1, -0.05) is 6.92 Å². The van der Waals surface area contributed by atoms with Crippen LogP contribution in [0.15, 0.2) is 15.9 Å². The third-order valence-corrected chi connectivity index (χ3v) is 4.13. The van der Waals surface area contributed by atoms with Crippen molar-refractivity contribution in [2.45, 2.75) is 32.0 Å². The van der Waals surface area contributed by atoms with Crippen molar-refractivity contribution >= 4 is 11.2 Å². The number of nitrogens with two attached hydrogens (primary N) is 1. The maximum atomic E-state index is 12.3. The van der Waals surface area contributed by atoms with Gasteiger partial charge in [-0.2, -0.15) is 0 Å². The van der Waals surface area contributed by atoms with Crippen molar-refractivity contribution in [3.05, 3.63) is 27.2 Å². The molecule has 2 rings (SSSR count). The van der Waals surface area contributed by atoms with E-state index in [4.69, 9.17) is 5.11 Å². The van der Waals surface area contributed by atoms with Gasteiger partial charge in [0, 0.05) is 14.1 Å². The summed E-state index contributed by atoms with van der Waals surface area (Å²) in [4.78, 5) is 28.3. The zero-order chi connectivity index (χ0) is 17.1. The monoisotopic (exact) mass is 326 g/mol. The summed E-state index contributed by atoms with van der Waals surface area (Å²) in [6.07, 6.45) is 1.56. The highest BCUT2D eigenvalue weighted by atomic mass is 16.3. The van der Waals surface area contributed by atoms with Crippen molar-refractivity contribution in [3.8, 4) is 0 Å². The minimum absolute atomic E-state index is 0.0536. The Kier molecular flexibility index (Phi) is 5.34. The van der Waals surface area contributed by atoms with Crippen molar-refractivity contribution in [3.63, 3.8) is 0 Å². The molecule has 0 saturated carbocycles. The van der Waals surface area contributed by atoms with Crippen LogP contribution < -0.4 is 16.6 Å². The van der Waals surface area contributed by atoms with E-state index < -0.39 is 17.4 Å². The molecular weight excluding hydrogens is 302 g/mol. The van der Waals surface area contributed by atoms with Crippen LogP contribution in [0.2, 0.25) is 0 Å². The van der Waals surface area contributed by atoms with E-state index in [2.05, 4.69) is 4.98 Å². The summed E-state index contributed by atoms with van der Waals surface area (Å²) < 4.78 is 3.90. The van der Waals surface area contributed by atoms with Gasteiger partial charge in [0.25, 0.3) is 5.56 Å². The Morgan fingerprint density at radius 1 is 1.30 bits per heavy atom. The van der Waals surface area contributed by atoms with E-state index in [1.807, 2.05) is 12.2 Å². The molecule has 2 atom stereocenters. The SMILES string of the molecule is CCC(CO)[NH2+]CC(O)Cn1cnc2c1c(=O)n(C)c(=O)n2C. The summed E-state index contributed by atoms with van der Waals surface area (Å²) in [6, 6.07) is 0.0536. The van der Waals surface area contributed by atoms with Gasteiger partial charge in [-0.05, 0) is 6.42 Å². The second-order valence-electron chi connectivity index (χ2n) is 5.75. The summed E-state index contributed by atoms with van der Waals surface area (Å²) in [7, 11) is 2.97. The lowest BCUT2D eigenvalue weighted by Crippen LogP contribution is -2.92. The van der Waals surface area contributed by atoms with Crippen LogP contribution in [0.3, 0.4) is 0 Å². The van der Waals surface area contributed by atoms with E-state index in [9.17, 15) is 14.7 Å². The second kappa shape index (κ2) is 7.07. The molecule has 4 N–H and O–H groups in total. The van der Waals surface area contributed by atoms with Gasteiger partial charge in [-0.3, -0.25) is 13.9 Å². The first-order chi connectivity index (χ1) is 10.9. The molecule has 23 heavy (non-hydrogen) atoms. The summed E-state index contributed by atoms with van der Waals surface area (Å²) in [5.41, 5.74) is -0.271. The van der Waals surface area contributed by atoms with Crippen LogP contribution in [0.5, 0.6) is 0 Å². The smallest absolute Gasteiger partial charge is 0.332 e. The van der Waals surface area contributed by atoms with Gasteiger partial charge in [0.05, 0.1) is 19.5 Å². The second-order valence-corrected chi connectivity index (χ2v) is 5.75. The number of hydrogen-bond acceptors (Lipinski definition) is 5. The predicted octanol–water partition coefficient (Wildman–Crippen LogP) is -2.87. The molecule has 9 nitrogen and oxygen atoms in total. The van der Waals surface area contributed by atoms with Gasteiger partial charge in [0.1, 0.15) is 18.7 Å². The van der Waals surface area contributed by atoms with Gasteiger partial charge in [0.2, 0.25) is 0 Å². The number of fused-ring (bicyclic) bond motifs is 1. The number of hydrogen-bond donors (Lipinski definition) is 3. The van der Waals surface area contributed by atoms with Crippen LogP contribution in [0.1, 0.15) is 13.3 Å². The van der Waals surface area contributed by atoms with Gasteiger partial charge in [0.15, 0.2) is 11.2 Å². The molecule has 2 aromatic heterocycles. The summed E-state index contributed by atoms with van der Waals surface area (Å²) in [5.74, 6) is 0. The predicted molar refractivity (Wildman–Crippen MR) is 84.2 cm³/mol. The lowest BCUT2D eigenvalue weighted by Gasteiger charge is -2.15. The molecule has 0 aliphatic heterocycles. The van der Waals surface area contributed by atoms with Crippen molar-refractivity contribution in [2.75, 3.05) is 13.2 Å². The Bertz CT molecular complexity index is 787. The first kappa shape index (κ1) is 17.4. The minimum atomic E-state index is -0.699. The van der Waals surface area contributed by atoms with Gasteiger partial charge in [-0.15, -0.1) is 0 Å². The zero-order valence-electron chi connectivity index (χ0n) is 13.6. The van der Waals surface area contributed by atoms with Crippen LogP contribution in [0, 0.1) is 0 Å². The topological polar surface area (TPSA) is 119 Å². The minimum Gasteiger partial charge on any atom is -0.390 e. The van der Waals surface area contributed by atoms with Crippen LogP contribution in [0.25, 0.3) is 11.2 Å². The molecule has 0 aromatic carbocycles. The number of quaternary nitrogens is 1. The van der Waals surface area contributed by atoms with E-state index in [1.165, 1.54) is 17.9 Å². The summed E-state index contributed by atoms with van der Waals surface area (Å²) in [5, 5.41) is 21.2. The Balaban J connectivity index is 2.25. The summed E-state index contributed by atoms with van der Waals surface area (Å²) in [6.45, 7) is 2.63. The molecule has 0 amide bonds. The van der Waals surface area contributed by atoms with Crippen molar-refractivity contribution in [1.29, 1.82) is 0 Å². The van der Waals surface area contributed by atoms with E-state index in [-0.39, 0.29) is 19.2 Å². The first-order valence-electron chi connectivity index (χ1n) is 7.63. The van der Waals surface area contributed by atoms with E-state index >= 15 is 0 Å². The first-order valence-corrected chi connectivity index (χ1v) is 7.63. The molecule has 128 valence electrons. The van der Waals surface area contributed by atoms with Gasteiger partial charge < -0.3 is 20.1 Å².